The first-order chi connectivity index (χ1) is 17.4. The number of carbonyl (C=O) groups is 1. The fourth-order valence-electron chi connectivity index (χ4n) is 3.96. The Balaban J connectivity index is 1.70. The van der Waals surface area contributed by atoms with Crippen molar-refractivity contribution in [2.45, 2.75) is 20.4 Å². The van der Waals surface area contributed by atoms with Crippen molar-refractivity contribution in [2.24, 2.45) is 0 Å². The first kappa shape index (κ1) is 23.1. The van der Waals surface area contributed by atoms with Crippen molar-refractivity contribution < 1.29 is 9.21 Å². The maximum atomic E-state index is 13.5. The van der Waals surface area contributed by atoms with Gasteiger partial charge in [0.25, 0.3) is 5.91 Å². The number of amides is 1. The number of nitrogen functional groups attached to an aromatic ring is 1. The summed E-state index contributed by atoms with van der Waals surface area (Å²) in [5.41, 5.74) is 11.9. The fraction of sp³-hybridized carbons (Fsp3) is 0.107. The zero-order valence-electron chi connectivity index (χ0n) is 19.8. The van der Waals surface area contributed by atoms with Crippen molar-refractivity contribution in [3.8, 4) is 17.2 Å². The smallest absolute Gasteiger partial charge is 0.256 e. The number of nitrogens with zero attached hydrogens (tertiary/aromatic N) is 2. The molecule has 7 nitrogen and oxygen atoms in total. The summed E-state index contributed by atoms with van der Waals surface area (Å²) >= 11 is 1.37. The minimum absolute atomic E-state index is 0.0837. The van der Waals surface area contributed by atoms with Gasteiger partial charge in [-0.3, -0.25) is 4.79 Å². The number of hydrogen-bond acceptors (Lipinski definition) is 7. The second kappa shape index (κ2) is 9.56. The van der Waals surface area contributed by atoms with E-state index < -0.39 is 0 Å². The number of anilines is 3. The molecule has 0 saturated heterocycles. The molecule has 1 amide bonds. The van der Waals surface area contributed by atoms with Crippen LogP contribution in [-0.2, 0) is 6.54 Å². The fourth-order valence-corrected chi connectivity index (χ4v) is 5.19. The Hall–Kier alpha value is -4.61. The SMILES string of the molecule is Cc1ccc(Nc2sc3c(-c4ccc(C)cc4)c(C#N)c(N)nc3c2C(=O)NCc2ccco2)cc1. The molecule has 4 N–H and O–H groups in total. The summed E-state index contributed by atoms with van der Waals surface area (Å²) < 4.78 is 6.07. The highest BCUT2D eigenvalue weighted by molar-refractivity contribution is 7.24. The molecule has 0 aliphatic rings. The van der Waals surface area contributed by atoms with Crippen molar-refractivity contribution in [2.75, 3.05) is 11.1 Å². The Bertz CT molecular complexity index is 1600. The second-order valence-corrected chi connectivity index (χ2v) is 9.48. The van der Waals surface area contributed by atoms with Gasteiger partial charge in [0.15, 0.2) is 0 Å². The Morgan fingerprint density at radius 2 is 1.78 bits per heavy atom. The molecule has 3 aromatic heterocycles. The summed E-state index contributed by atoms with van der Waals surface area (Å²) in [6, 6.07) is 21.5. The van der Waals surface area contributed by atoms with E-state index in [0.717, 1.165) is 22.4 Å². The molecule has 0 unspecified atom stereocenters. The highest BCUT2D eigenvalue weighted by atomic mass is 32.1. The highest BCUT2D eigenvalue weighted by Crippen LogP contribution is 2.44. The summed E-state index contributed by atoms with van der Waals surface area (Å²) in [7, 11) is 0. The molecule has 0 aliphatic carbocycles. The molecule has 5 rings (SSSR count). The zero-order chi connectivity index (χ0) is 25.2. The Kier molecular flexibility index (Phi) is 6.15. The lowest BCUT2D eigenvalue weighted by Crippen LogP contribution is -2.23. The Morgan fingerprint density at radius 3 is 2.42 bits per heavy atom. The Morgan fingerprint density at radius 1 is 1.08 bits per heavy atom. The van der Waals surface area contributed by atoms with Gasteiger partial charge in [0.1, 0.15) is 33.8 Å². The lowest BCUT2D eigenvalue weighted by Gasteiger charge is -2.10. The van der Waals surface area contributed by atoms with E-state index in [1.807, 2.05) is 62.4 Å². The topological polar surface area (TPSA) is 117 Å². The number of furan rings is 1. The van der Waals surface area contributed by atoms with Crippen LogP contribution in [-0.4, -0.2) is 10.9 Å². The molecule has 0 bridgehead atoms. The molecule has 0 saturated carbocycles. The molecule has 0 aliphatic heterocycles. The van der Waals surface area contributed by atoms with Gasteiger partial charge in [-0.25, -0.2) is 4.98 Å². The minimum Gasteiger partial charge on any atom is -0.467 e. The number of nitriles is 1. The van der Waals surface area contributed by atoms with Crippen molar-refractivity contribution in [3.05, 3.63) is 94.9 Å². The van der Waals surface area contributed by atoms with Crippen LogP contribution in [0.3, 0.4) is 0 Å². The third-order valence-corrected chi connectivity index (χ3v) is 6.95. The molecule has 5 aromatic rings. The minimum atomic E-state index is -0.321. The third kappa shape index (κ3) is 4.40. The molecule has 178 valence electrons. The molecule has 3 heterocycles. The van der Waals surface area contributed by atoms with Crippen molar-refractivity contribution in [3.63, 3.8) is 0 Å². The van der Waals surface area contributed by atoms with E-state index in [-0.39, 0.29) is 23.8 Å². The molecule has 0 fully saturated rings. The van der Waals surface area contributed by atoms with Crippen LogP contribution in [0.4, 0.5) is 16.5 Å². The van der Waals surface area contributed by atoms with Crippen LogP contribution in [0.1, 0.15) is 32.8 Å². The van der Waals surface area contributed by atoms with Gasteiger partial charge in [0.2, 0.25) is 0 Å². The maximum absolute atomic E-state index is 13.5. The highest BCUT2D eigenvalue weighted by Gasteiger charge is 2.26. The predicted molar refractivity (Wildman–Crippen MR) is 143 cm³/mol. The Labute approximate surface area is 212 Å². The molecule has 36 heavy (non-hydrogen) atoms. The molecule has 0 atom stereocenters. The van der Waals surface area contributed by atoms with E-state index in [1.165, 1.54) is 11.3 Å². The van der Waals surface area contributed by atoms with Crippen molar-refractivity contribution in [1.29, 1.82) is 5.26 Å². The van der Waals surface area contributed by atoms with Crippen LogP contribution < -0.4 is 16.4 Å². The lowest BCUT2D eigenvalue weighted by molar-refractivity contribution is 0.0950. The van der Waals surface area contributed by atoms with E-state index in [0.29, 0.717) is 32.1 Å². The summed E-state index contributed by atoms with van der Waals surface area (Å²) in [5, 5.41) is 16.8. The number of nitrogens with one attached hydrogen (secondary N) is 2. The van der Waals surface area contributed by atoms with Crippen LogP contribution in [0.5, 0.6) is 0 Å². The van der Waals surface area contributed by atoms with Gasteiger partial charge in [-0.1, -0.05) is 47.5 Å². The van der Waals surface area contributed by atoms with Crippen molar-refractivity contribution in [1.82, 2.24) is 10.3 Å². The largest absolute Gasteiger partial charge is 0.467 e. The van der Waals surface area contributed by atoms with E-state index in [9.17, 15) is 10.1 Å². The number of benzene rings is 2. The number of rotatable bonds is 6. The number of nitrogens with two attached hydrogens (primary N) is 1. The predicted octanol–water partition coefficient (Wildman–Crippen LogP) is 6.30. The third-order valence-electron chi connectivity index (χ3n) is 5.84. The van der Waals surface area contributed by atoms with Crippen LogP contribution in [0.15, 0.2) is 71.3 Å². The number of pyridine rings is 1. The van der Waals surface area contributed by atoms with Gasteiger partial charge in [-0.2, -0.15) is 5.26 Å². The summed E-state index contributed by atoms with van der Waals surface area (Å²) in [4.78, 5) is 18.0. The summed E-state index contributed by atoms with van der Waals surface area (Å²) in [6.45, 7) is 4.24. The maximum Gasteiger partial charge on any atom is 0.256 e. The monoisotopic (exact) mass is 493 g/mol. The summed E-state index contributed by atoms with van der Waals surface area (Å²) in [5.74, 6) is 0.398. The lowest BCUT2D eigenvalue weighted by atomic mass is 9.99. The zero-order valence-corrected chi connectivity index (χ0v) is 20.6. The molecule has 0 radical (unpaired) electrons. The van der Waals surface area contributed by atoms with Gasteiger partial charge < -0.3 is 20.8 Å². The van der Waals surface area contributed by atoms with Crippen LogP contribution in [0, 0.1) is 25.2 Å². The standard InChI is InChI=1S/C28H23N5O2S/c1-16-5-9-18(10-6-16)22-21(14-29)26(30)33-24-23(27(34)31-15-20-4-3-13-35-20)28(36-25(22)24)32-19-11-7-17(2)8-12-19/h3-13,32H,15H2,1-2H3,(H2,30,33)(H,31,34). The van der Waals surface area contributed by atoms with Crippen molar-refractivity contribution >= 4 is 44.0 Å². The molecule has 8 heteroatoms. The van der Waals surface area contributed by atoms with Gasteiger partial charge in [0, 0.05) is 11.3 Å². The number of carbonyl (C=O) groups excluding carboxylic acids is 1. The van der Waals surface area contributed by atoms with Crippen LogP contribution in [0.25, 0.3) is 21.3 Å². The number of aromatic nitrogens is 1. The van der Waals surface area contributed by atoms with Crippen LogP contribution >= 0.6 is 11.3 Å². The molecular formula is C28H23N5O2S. The normalized spacial score (nSPS) is 10.8. The van der Waals surface area contributed by atoms with E-state index in [1.54, 1.807) is 18.4 Å². The quantitative estimate of drug-likeness (QED) is 0.255. The number of hydrogen-bond donors (Lipinski definition) is 3. The average Bonchev–Trinajstić information content (AvgIpc) is 3.51. The molecule has 2 aromatic carbocycles. The second-order valence-electron chi connectivity index (χ2n) is 8.46. The van der Waals surface area contributed by atoms with Gasteiger partial charge in [-0.15, -0.1) is 11.3 Å². The van der Waals surface area contributed by atoms with E-state index in [4.69, 9.17) is 10.2 Å². The average molecular weight is 494 g/mol. The van der Waals surface area contributed by atoms with Gasteiger partial charge in [0.05, 0.1) is 23.0 Å². The van der Waals surface area contributed by atoms with Gasteiger partial charge >= 0.3 is 0 Å². The molecule has 0 spiro atoms. The van der Waals surface area contributed by atoms with Crippen LogP contribution in [0.2, 0.25) is 0 Å². The first-order valence-corrected chi connectivity index (χ1v) is 12.1. The number of aryl methyl sites for hydroxylation is 2. The summed E-state index contributed by atoms with van der Waals surface area (Å²) in [6.07, 6.45) is 1.56. The number of fused-ring (bicyclic) bond motifs is 1. The van der Waals surface area contributed by atoms with E-state index >= 15 is 0 Å². The van der Waals surface area contributed by atoms with E-state index in [2.05, 4.69) is 21.7 Å². The number of thiophene rings is 1. The first-order valence-electron chi connectivity index (χ1n) is 11.3. The molecular weight excluding hydrogens is 470 g/mol. The van der Waals surface area contributed by atoms with Gasteiger partial charge in [-0.05, 0) is 43.7 Å².